The minimum absolute atomic E-state index is 0.0225. The van der Waals surface area contributed by atoms with Gasteiger partial charge in [-0.3, -0.25) is 4.79 Å². The fourth-order valence-corrected chi connectivity index (χ4v) is 1.67. The summed E-state index contributed by atoms with van der Waals surface area (Å²) in [5, 5.41) is 9.16. The third kappa shape index (κ3) is 6.99. The summed E-state index contributed by atoms with van der Waals surface area (Å²) in [5.74, 6) is -0.584. The third-order valence-corrected chi connectivity index (χ3v) is 2.80. The highest BCUT2D eigenvalue weighted by atomic mass is 19.4. The Hall–Kier alpha value is -1.76. The lowest BCUT2D eigenvalue weighted by Gasteiger charge is -2.18. The largest absolute Gasteiger partial charge is 0.573 e. The summed E-state index contributed by atoms with van der Waals surface area (Å²) >= 11 is 0. The maximum absolute atomic E-state index is 12.1. The van der Waals surface area contributed by atoms with Gasteiger partial charge in [0.25, 0.3) is 0 Å². The van der Waals surface area contributed by atoms with E-state index in [2.05, 4.69) is 4.74 Å². The zero-order chi connectivity index (χ0) is 16.0. The van der Waals surface area contributed by atoms with E-state index in [1.54, 1.807) is 20.0 Å². The van der Waals surface area contributed by atoms with Crippen LogP contribution < -0.4 is 4.74 Å². The maximum Gasteiger partial charge on any atom is 0.573 e. The lowest BCUT2D eigenvalue weighted by atomic mass is 10.1. The van der Waals surface area contributed by atoms with Crippen molar-refractivity contribution in [1.29, 1.82) is 0 Å². The smallest absolute Gasteiger partial charge is 0.406 e. The molecule has 1 atom stereocenters. The van der Waals surface area contributed by atoms with Crippen LogP contribution in [0.2, 0.25) is 0 Å². The number of hydrogen-bond donors (Lipinski definition) is 1. The Bertz CT molecular complexity index is 475. The van der Waals surface area contributed by atoms with Gasteiger partial charge in [0.05, 0.1) is 12.5 Å². The first kappa shape index (κ1) is 17.3. The molecule has 0 aliphatic rings. The van der Waals surface area contributed by atoms with Gasteiger partial charge in [0.1, 0.15) is 5.75 Å². The van der Waals surface area contributed by atoms with Crippen molar-refractivity contribution in [2.75, 3.05) is 13.6 Å². The molecule has 0 fully saturated rings. The number of aliphatic hydroxyl groups excluding tert-OH is 1. The zero-order valence-electron chi connectivity index (χ0n) is 11.9. The summed E-state index contributed by atoms with van der Waals surface area (Å²) in [7, 11) is 1.58. The van der Waals surface area contributed by atoms with Gasteiger partial charge in [0, 0.05) is 13.6 Å². The summed E-state index contributed by atoms with van der Waals surface area (Å²) in [4.78, 5) is 13.3. The van der Waals surface area contributed by atoms with Gasteiger partial charge in [-0.25, -0.2) is 0 Å². The third-order valence-electron chi connectivity index (χ3n) is 2.80. The standard InChI is InChI=1S/C14H18F3NO3/c1-10(19)6-7-18(2)13(20)9-11-4-3-5-12(8-11)21-14(15,16)17/h3-5,8,10,19H,6-7,9H2,1-2H3. The van der Waals surface area contributed by atoms with Crippen LogP contribution in [0.25, 0.3) is 0 Å². The lowest BCUT2D eigenvalue weighted by molar-refractivity contribution is -0.274. The maximum atomic E-state index is 12.1. The van der Waals surface area contributed by atoms with Gasteiger partial charge < -0.3 is 14.7 Å². The fraction of sp³-hybridized carbons (Fsp3) is 0.500. The van der Waals surface area contributed by atoms with E-state index in [1.165, 1.54) is 23.1 Å². The van der Waals surface area contributed by atoms with Crippen LogP contribution in [0.1, 0.15) is 18.9 Å². The summed E-state index contributed by atoms with van der Waals surface area (Å²) < 4.78 is 40.2. The van der Waals surface area contributed by atoms with E-state index in [0.717, 1.165) is 0 Å². The summed E-state index contributed by atoms with van der Waals surface area (Å²) in [5.41, 5.74) is 0.436. The first-order valence-electron chi connectivity index (χ1n) is 6.44. The molecule has 0 saturated carbocycles. The van der Waals surface area contributed by atoms with E-state index in [0.29, 0.717) is 18.5 Å². The number of alkyl halides is 3. The van der Waals surface area contributed by atoms with Crippen molar-refractivity contribution in [3.05, 3.63) is 29.8 Å². The summed E-state index contributed by atoms with van der Waals surface area (Å²) in [6.07, 6.45) is -4.84. The second kappa shape index (κ2) is 7.31. The van der Waals surface area contributed by atoms with Gasteiger partial charge in [-0.05, 0) is 31.0 Å². The van der Waals surface area contributed by atoms with Crippen LogP contribution in [0.4, 0.5) is 13.2 Å². The Balaban J connectivity index is 2.62. The lowest BCUT2D eigenvalue weighted by Crippen LogP contribution is -2.30. The van der Waals surface area contributed by atoms with Crippen LogP contribution in [0.3, 0.4) is 0 Å². The molecular weight excluding hydrogens is 287 g/mol. The van der Waals surface area contributed by atoms with Crippen LogP contribution in [0.15, 0.2) is 24.3 Å². The highest BCUT2D eigenvalue weighted by Gasteiger charge is 2.31. The Morgan fingerprint density at radius 2 is 2.10 bits per heavy atom. The average Bonchev–Trinajstić information content (AvgIpc) is 2.34. The number of halogens is 3. The number of ether oxygens (including phenoxy) is 1. The molecule has 1 unspecified atom stereocenters. The number of nitrogens with zero attached hydrogens (tertiary/aromatic N) is 1. The molecule has 21 heavy (non-hydrogen) atoms. The van der Waals surface area contributed by atoms with Gasteiger partial charge >= 0.3 is 6.36 Å². The van der Waals surface area contributed by atoms with Crippen LogP contribution in [-0.4, -0.2) is 42.0 Å². The molecule has 1 amide bonds. The highest BCUT2D eigenvalue weighted by Crippen LogP contribution is 2.23. The van der Waals surface area contributed by atoms with E-state index >= 15 is 0 Å². The van der Waals surface area contributed by atoms with E-state index in [4.69, 9.17) is 5.11 Å². The molecule has 1 rings (SSSR count). The molecule has 0 aliphatic carbocycles. The van der Waals surface area contributed by atoms with Gasteiger partial charge in [-0.15, -0.1) is 13.2 Å². The number of hydrogen-bond acceptors (Lipinski definition) is 3. The molecule has 0 aliphatic heterocycles. The SMILES string of the molecule is CC(O)CCN(C)C(=O)Cc1cccc(OC(F)(F)F)c1. The number of carbonyl (C=O) groups is 1. The second-order valence-corrected chi connectivity index (χ2v) is 4.82. The number of amides is 1. The van der Waals surface area contributed by atoms with Crippen LogP contribution in [0, 0.1) is 0 Å². The van der Waals surface area contributed by atoms with E-state index in [-0.39, 0.29) is 18.1 Å². The minimum atomic E-state index is -4.75. The monoisotopic (exact) mass is 305 g/mol. The Morgan fingerprint density at radius 1 is 1.43 bits per heavy atom. The molecule has 1 aromatic carbocycles. The van der Waals surface area contributed by atoms with Crippen molar-refractivity contribution in [1.82, 2.24) is 4.90 Å². The molecule has 7 heteroatoms. The van der Waals surface area contributed by atoms with Crippen LogP contribution in [-0.2, 0) is 11.2 Å². The predicted octanol–water partition coefficient (Wildman–Crippen LogP) is 2.36. The second-order valence-electron chi connectivity index (χ2n) is 4.82. The average molecular weight is 305 g/mol. The van der Waals surface area contributed by atoms with Crippen LogP contribution in [0.5, 0.6) is 5.75 Å². The quantitative estimate of drug-likeness (QED) is 0.878. The number of carbonyl (C=O) groups excluding carboxylic acids is 1. The molecule has 0 radical (unpaired) electrons. The topological polar surface area (TPSA) is 49.8 Å². The van der Waals surface area contributed by atoms with Crippen molar-refractivity contribution in [2.45, 2.75) is 32.2 Å². The summed E-state index contributed by atoms with van der Waals surface area (Å²) in [6.45, 7) is 2.01. The zero-order valence-corrected chi connectivity index (χ0v) is 11.9. The molecule has 0 aromatic heterocycles. The molecular formula is C14H18F3NO3. The molecule has 1 N–H and O–H groups in total. The van der Waals surface area contributed by atoms with Gasteiger partial charge in [0.2, 0.25) is 5.91 Å². The Kier molecular flexibility index (Phi) is 6.02. The molecule has 4 nitrogen and oxygen atoms in total. The Labute approximate surface area is 121 Å². The molecule has 0 bridgehead atoms. The summed E-state index contributed by atoms with van der Waals surface area (Å²) in [6, 6.07) is 5.33. The Morgan fingerprint density at radius 3 is 2.67 bits per heavy atom. The number of likely N-dealkylation sites (N-methyl/N-ethyl adjacent to an activating group) is 1. The fourth-order valence-electron chi connectivity index (χ4n) is 1.67. The van der Waals surface area contributed by atoms with E-state index in [1.807, 2.05) is 0 Å². The first-order chi connectivity index (χ1) is 9.67. The van der Waals surface area contributed by atoms with Crippen molar-refractivity contribution >= 4 is 5.91 Å². The molecule has 1 aromatic rings. The van der Waals surface area contributed by atoms with Gasteiger partial charge in [0.15, 0.2) is 0 Å². The number of rotatable bonds is 6. The van der Waals surface area contributed by atoms with Crippen molar-refractivity contribution < 1.29 is 27.8 Å². The van der Waals surface area contributed by atoms with Crippen molar-refractivity contribution in [3.63, 3.8) is 0 Å². The molecule has 118 valence electrons. The van der Waals surface area contributed by atoms with E-state index in [9.17, 15) is 18.0 Å². The molecule has 0 saturated heterocycles. The normalized spacial score (nSPS) is 12.9. The van der Waals surface area contributed by atoms with Crippen molar-refractivity contribution in [2.24, 2.45) is 0 Å². The molecule has 0 heterocycles. The van der Waals surface area contributed by atoms with Crippen LogP contribution >= 0.6 is 0 Å². The van der Waals surface area contributed by atoms with Gasteiger partial charge in [-0.1, -0.05) is 12.1 Å². The predicted molar refractivity (Wildman–Crippen MR) is 70.8 cm³/mol. The first-order valence-corrected chi connectivity index (χ1v) is 6.44. The number of aliphatic hydroxyl groups is 1. The molecule has 0 spiro atoms. The van der Waals surface area contributed by atoms with Gasteiger partial charge in [-0.2, -0.15) is 0 Å². The van der Waals surface area contributed by atoms with Crippen molar-refractivity contribution in [3.8, 4) is 5.75 Å². The minimum Gasteiger partial charge on any atom is -0.406 e. The van der Waals surface area contributed by atoms with E-state index < -0.39 is 12.5 Å². The highest BCUT2D eigenvalue weighted by molar-refractivity contribution is 5.78. The number of benzene rings is 1.